The summed E-state index contributed by atoms with van der Waals surface area (Å²) >= 11 is 0. The molecule has 0 amide bonds. The Bertz CT molecular complexity index is 388. The zero-order valence-corrected chi connectivity index (χ0v) is 7.72. The second kappa shape index (κ2) is 3.87. The van der Waals surface area contributed by atoms with E-state index in [1.54, 1.807) is 0 Å². The van der Waals surface area contributed by atoms with Gasteiger partial charge in [-0.25, -0.2) is 0 Å². The van der Waals surface area contributed by atoms with Crippen molar-refractivity contribution in [1.29, 1.82) is 0 Å². The summed E-state index contributed by atoms with van der Waals surface area (Å²) in [6.45, 7) is 0. The van der Waals surface area contributed by atoms with Crippen LogP contribution in [0.1, 0.15) is 20.7 Å². The molecule has 0 radical (unpaired) electrons. The molecule has 3 N–H and O–H groups in total. The Balaban J connectivity index is 3.72. The van der Waals surface area contributed by atoms with Gasteiger partial charge in [-0.05, 0) is 0 Å². The number of hydrogen-bond acceptors (Lipinski definition) is 6. The summed E-state index contributed by atoms with van der Waals surface area (Å²) < 4.78 is 4.59. The van der Waals surface area contributed by atoms with Crippen molar-refractivity contribution in [2.24, 2.45) is 0 Å². The SMILES string of the molecule is COc1c(O)c(C=O)c(O)c(C=O)c1O. The average molecular weight is 212 g/mol. The molecule has 6 heteroatoms. The van der Waals surface area contributed by atoms with E-state index in [0.29, 0.717) is 0 Å². The fraction of sp³-hybridized carbons (Fsp3) is 0.111. The number of aromatic hydroxyl groups is 3. The van der Waals surface area contributed by atoms with Crippen molar-refractivity contribution in [1.82, 2.24) is 0 Å². The monoisotopic (exact) mass is 212 g/mol. The molecule has 0 saturated carbocycles. The van der Waals surface area contributed by atoms with Crippen molar-refractivity contribution in [3.63, 3.8) is 0 Å². The summed E-state index contributed by atoms with van der Waals surface area (Å²) in [5.74, 6) is -2.64. The van der Waals surface area contributed by atoms with Gasteiger partial charge in [-0.1, -0.05) is 0 Å². The lowest BCUT2D eigenvalue weighted by Crippen LogP contribution is -1.95. The van der Waals surface area contributed by atoms with Gasteiger partial charge >= 0.3 is 0 Å². The molecule has 0 aliphatic carbocycles. The zero-order valence-electron chi connectivity index (χ0n) is 7.72. The minimum atomic E-state index is -0.782. The van der Waals surface area contributed by atoms with Crippen LogP contribution < -0.4 is 4.74 Å². The maximum absolute atomic E-state index is 10.5. The summed E-state index contributed by atoms with van der Waals surface area (Å²) in [7, 11) is 1.13. The van der Waals surface area contributed by atoms with Crippen molar-refractivity contribution in [3.05, 3.63) is 11.1 Å². The summed E-state index contributed by atoms with van der Waals surface area (Å²) in [4.78, 5) is 21.0. The van der Waals surface area contributed by atoms with Crippen molar-refractivity contribution in [2.45, 2.75) is 0 Å². The van der Waals surface area contributed by atoms with E-state index in [1.807, 2.05) is 0 Å². The second-order valence-corrected chi connectivity index (χ2v) is 2.64. The topological polar surface area (TPSA) is 104 Å². The molecule has 1 rings (SSSR count). The van der Waals surface area contributed by atoms with Gasteiger partial charge in [0, 0.05) is 0 Å². The van der Waals surface area contributed by atoms with Crippen LogP contribution in [0.4, 0.5) is 0 Å². The van der Waals surface area contributed by atoms with E-state index in [-0.39, 0.29) is 12.6 Å². The van der Waals surface area contributed by atoms with Crippen LogP contribution in [0.3, 0.4) is 0 Å². The molecule has 0 atom stereocenters. The van der Waals surface area contributed by atoms with E-state index in [9.17, 15) is 24.9 Å². The molecule has 0 aliphatic rings. The number of methoxy groups -OCH3 is 1. The Kier molecular flexibility index (Phi) is 2.80. The number of phenolic OH excluding ortho intramolecular Hbond substituents is 3. The Morgan fingerprint density at radius 3 is 1.60 bits per heavy atom. The summed E-state index contributed by atoms with van der Waals surface area (Å²) in [6.07, 6.45) is 0.305. The largest absolute Gasteiger partial charge is 0.506 e. The minimum absolute atomic E-state index is 0.152. The molecule has 0 saturated heterocycles. The van der Waals surface area contributed by atoms with E-state index in [4.69, 9.17) is 0 Å². The molecular weight excluding hydrogens is 204 g/mol. The molecular formula is C9H8O6. The molecule has 0 fully saturated rings. The fourth-order valence-corrected chi connectivity index (χ4v) is 1.14. The second-order valence-electron chi connectivity index (χ2n) is 2.64. The van der Waals surface area contributed by atoms with E-state index in [1.165, 1.54) is 0 Å². The Labute approximate surface area is 84.3 Å². The van der Waals surface area contributed by atoms with Gasteiger partial charge < -0.3 is 20.1 Å². The van der Waals surface area contributed by atoms with Gasteiger partial charge in [-0.15, -0.1) is 0 Å². The van der Waals surface area contributed by atoms with Crippen molar-refractivity contribution in [2.75, 3.05) is 7.11 Å². The molecule has 1 aromatic carbocycles. The van der Waals surface area contributed by atoms with Crippen molar-refractivity contribution in [3.8, 4) is 23.0 Å². The van der Waals surface area contributed by atoms with E-state index in [0.717, 1.165) is 7.11 Å². The van der Waals surface area contributed by atoms with Gasteiger partial charge in [0.1, 0.15) is 16.9 Å². The molecule has 0 aliphatic heterocycles. The first kappa shape index (κ1) is 10.8. The molecule has 0 aromatic heterocycles. The number of rotatable bonds is 3. The molecule has 0 heterocycles. The first-order valence-electron chi connectivity index (χ1n) is 3.83. The maximum Gasteiger partial charge on any atom is 0.204 e. The van der Waals surface area contributed by atoms with Crippen molar-refractivity contribution < 1.29 is 29.6 Å². The highest BCUT2D eigenvalue weighted by molar-refractivity contribution is 5.95. The first-order chi connectivity index (χ1) is 7.08. The van der Waals surface area contributed by atoms with Gasteiger partial charge in [-0.2, -0.15) is 0 Å². The normalized spacial score (nSPS) is 9.67. The van der Waals surface area contributed by atoms with E-state index in [2.05, 4.69) is 4.74 Å². The van der Waals surface area contributed by atoms with Crippen LogP contribution in [0.2, 0.25) is 0 Å². The lowest BCUT2D eigenvalue weighted by Gasteiger charge is -2.11. The molecule has 0 unspecified atom stereocenters. The zero-order chi connectivity index (χ0) is 11.6. The van der Waals surface area contributed by atoms with Crippen LogP contribution in [0.5, 0.6) is 23.0 Å². The maximum atomic E-state index is 10.5. The summed E-state index contributed by atoms with van der Waals surface area (Å²) in [5.41, 5.74) is -1.02. The first-order valence-corrected chi connectivity index (χ1v) is 3.83. The molecule has 80 valence electrons. The molecule has 1 aromatic rings. The number of hydrogen-bond donors (Lipinski definition) is 3. The van der Waals surface area contributed by atoms with Crippen LogP contribution >= 0.6 is 0 Å². The number of carbonyl (C=O) groups is 2. The highest BCUT2D eigenvalue weighted by Crippen LogP contribution is 2.45. The van der Waals surface area contributed by atoms with Crippen LogP contribution in [0, 0.1) is 0 Å². The predicted octanol–water partition coefficient (Wildman–Crippen LogP) is 0.437. The average Bonchev–Trinajstić information content (AvgIpc) is 2.19. The molecule has 15 heavy (non-hydrogen) atoms. The third-order valence-electron chi connectivity index (χ3n) is 1.89. The molecule has 6 nitrogen and oxygen atoms in total. The minimum Gasteiger partial charge on any atom is -0.506 e. The van der Waals surface area contributed by atoms with Gasteiger partial charge in [0.15, 0.2) is 24.1 Å². The van der Waals surface area contributed by atoms with Crippen molar-refractivity contribution >= 4 is 12.6 Å². The highest BCUT2D eigenvalue weighted by Gasteiger charge is 2.23. The van der Waals surface area contributed by atoms with E-state index < -0.39 is 34.1 Å². The number of aldehydes is 2. The van der Waals surface area contributed by atoms with Gasteiger partial charge in [0.05, 0.1) is 7.11 Å². The lowest BCUT2D eigenvalue weighted by atomic mass is 10.1. The summed E-state index contributed by atoms with van der Waals surface area (Å²) in [6, 6.07) is 0. The quantitative estimate of drug-likeness (QED) is 0.628. The summed E-state index contributed by atoms with van der Waals surface area (Å²) in [5, 5.41) is 28.1. The highest BCUT2D eigenvalue weighted by atomic mass is 16.5. The van der Waals surface area contributed by atoms with Gasteiger partial charge in [-0.3, -0.25) is 9.59 Å². The van der Waals surface area contributed by atoms with Crippen LogP contribution in [-0.2, 0) is 0 Å². The molecule has 0 spiro atoms. The number of phenols is 3. The Hall–Kier alpha value is -2.24. The Morgan fingerprint density at radius 1 is 0.933 bits per heavy atom. The number of benzene rings is 1. The molecule has 0 bridgehead atoms. The van der Waals surface area contributed by atoms with Crippen LogP contribution in [0.25, 0.3) is 0 Å². The van der Waals surface area contributed by atoms with Crippen LogP contribution in [-0.4, -0.2) is 35.0 Å². The van der Waals surface area contributed by atoms with Gasteiger partial charge in [0.2, 0.25) is 5.75 Å². The predicted molar refractivity (Wildman–Crippen MR) is 48.8 cm³/mol. The fourth-order valence-electron chi connectivity index (χ4n) is 1.14. The third-order valence-corrected chi connectivity index (χ3v) is 1.89. The Morgan fingerprint density at radius 2 is 1.33 bits per heavy atom. The number of carbonyl (C=O) groups excluding carboxylic acids is 2. The lowest BCUT2D eigenvalue weighted by molar-refractivity contribution is 0.111. The third kappa shape index (κ3) is 1.45. The smallest absolute Gasteiger partial charge is 0.204 e. The standard InChI is InChI=1S/C9H8O6/c1-15-9-7(13)4(2-10)6(12)5(3-11)8(9)14/h2-3,12-14H,1H3. The van der Waals surface area contributed by atoms with Crippen LogP contribution in [0.15, 0.2) is 0 Å². The van der Waals surface area contributed by atoms with E-state index >= 15 is 0 Å². The number of ether oxygens (including phenoxy) is 1. The van der Waals surface area contributed by atoms with Gasteiger partial charge in [0.25, 0.3) is 0 Å².